The first-order chi connectivity index (χ1) is 9.36. The Morgan fingerprint density at radius 3 is 2.75 bits per heavy atom. The number of nitrogens with zero attached hydrogens (tertiary/aromatic N) is 2. The molecule has 0 saturated carbocycles. The first-order valence-electron chi connectivity index (χ1n) is 7.76. The topological polar surface area (TPSA) is 73.9 Å². The van der Waals surface area contributed by atoms with E-state index in [1.807, 2.05) is 13.8 Å². The molecule has 0 amide bonds. The van der Waals surface area contributed by atoms with Gasteiger partial charge >= 0.3 is 0 Å². The molecule has 1 aliphatic rings. The van der Waals surface area contributed by atoms with Crippen molar-refractivity contribution in [1.29, 1.82) is 0 Å². The zero-order valence-electron chi connectivity index (χ0n) is 13.5. The number of amidine groups is 1. The molecule has 1 heterocycles. The summed E-state index contributed by atoms with van der Waals surface area (Å²) in [6.45, 7) is 9.82. The monoisotopic (exact) mass is 284 g/mol. The van der Waals surface area contributed by atoms with Gasteiger partial charge in [0.2, 0.25) is 0 Å². The van der Waals surface area contributed by atoms with Crippen LogP contribution >= 0.6 is 0 Å². The summed E-state index contributed by atoms with van der Waals surface area (Å²) in [6.07, 6.45) is 4.43. The Labute approximate surface area is 123 Å². The summed E-state index contributed by atoms with van der Waals surface area (Å²) in [4.78, 5) is 2.41. The van der Waals surface area contributed by atoms with Gasteiger partial charge < -0.3 is 21.2 Å². The van der Waals surface area contributed by atoms with E-state index in [-0.39, 0.29) is 5.41 Å². The number of likely N-dealkylation sites (tertiary alicyclic amines) is 1. The second kappa shape index (κ2) is 7.84. The van der Waals surface area contributed by atoms with Gasteiger partial charge in [-0.05, 0) is 45.3 Å². The lowest BCUT2D eigenvalue weighted by Crippen LogP contribution is -2.47. The fraction of sp³-hybridized carbons (Fsp3) is 0.933. The molecule has 0 aromatic rings. The van der Waals surface area contributed by atoms with E-state index in [9.17, 15) is 0 Å². The molecule has 0 spiro atoms. The van der Waals surface area contributed by atoms with Crippen molar-refractivity contribution in [2.24, 2.45) is 22.2 Å². The van der Waals surface area contributed by atoms with Gasteiger partial charge in [-0.25, -0.2) is 0 Å². The molecular weight excluding hydrogens is 252 g/mol. The SMILES string of the molecule is CC1CN(C)CCC1NCCCCC(C)(C)C(N)=NO. The second-order valence-electron chi connectivity index (χ2n) is 6.92. The molecule has 5 heteroatoms. The van der Waals surface area contributed by atoms with E-state index in [1.54, 1.807) is 0 Å². The van der Waals surface area contributed by atoms with Crippen molar-refractivity contribution in [2.75, 3.05) is 26.7 Å². The summed E-state index contributed by atoms with van der Waals surface area (Å²) in [5.41, 5.74) is 5.48. The lowest BCUT2D eigenvalue weighted by molar-refractivity contribution is 0.175. The molecule has 2 unspecified atom stereocenters. The third-order valence-electron chi connectivity index (χ3n) is 4.54. The van der Waals surface area contributed by atoms with Gasteiger partial charge in [-0.15, -0.1) is 0 Å². The maximum Gasteiger partial charge on any atom is 0.144 e. The van der Waals surface area contributed by atoms with Crippen LogP contribution in [0.1, 0.15) is 46.5 Å². The van der Waals surface area contributed by atoms with E-state index in [1.165, 1.54) is 19.5 Å². The predicted molar refractivity (Wildman–Crippen MR) is 84.1 cm³/mol. The molecule has 118 valence electrons. The Bertz CT molecular complexity index is 317. The minimum absolute atomic E-state index is 0.213. The Hall–Kier alpha value is -0.810. The molecule has 0 aromatic heterocycles. The van der Waals surface area contributed by atoms with Crippen LogP contribution in [0.2, 0.25) is 0 Å². The van der Waals surface area contributed by atoms with E-state index in [0.717, 1.165) is 31.7 Å². The maximum atomic E-state index is 8.74. The van der Waals surface area contributed by atoms with Gasteiger partial charge in [0, 0.05) is 18.0 Å². The normalized spacial score (nSPS) is 25.9. The molecule has 4 N–H and O–H groups in total. The predicted octanol–water partition coefficient (Wildman–Crippen LogP) is 1.86. The highest BCUT2D eigenvalue weighted by Crippen LogP contribution is 2.23. The average Bonchev–Trinajstić information content (AvgIpc) is 2.39. The molecule has 5 nitrogen and oxygen atoms in total. The van der Waals surface area contributed by atoms with Crippen LogP contribution in [0.4, 0.5) is 0 Å². The summed E-state index contributed by atoms with van der Waals surface area (Å²) in [5.74, 6) is 1.05. The minimum atomic E-state index is -0.213. The first kappa shape index (κ1) is 17.2. The van der Waals surface area contributed by atoms with Crippen LogP contribution < -0.4 is 11.1 Å². The largest absolute Gasteiger partial charge is 0.409 e. The number of hydrogen-bond acceptors (Lipinski definition) is 4. The molecule has 0 bridgehead atoms. The fourth-order valence-corrected chi connectivity index (χ4v) is 2.90. The van der Waals surface area contributed by atoms with Crippen LogP contribution in [-0.2, 0) is 0 Å². The van der Waals surface area contributed by atoms with Crippen molar-refractivity contribution in [2.45, 2.75) is 52.5 Å². The third-order valence-corrected chi connectivity index (χ3v) is 4.54. The molecule has 0 radical (unpaired) electrons. The van der Waals surface area contributed by atoms with Crippen LogP contribution in [0.3, 0.4) is 0 Å². The first-order valence-corrected chi connectivity index (χ1v) is 7.76. The zero-order valence-corrected chi connectivity index (χ0v) is 13.5. The van der Waals surface area contributed by atoms with Crippen LogP contribution in [-0.4, -0.2) is 48.7 Å². The van der Waals surface area contributed by atoms with Crippen molar-refractivity contribution in [1.82, 2.24) is 10.2 Å². The van der Waals surface area contributed by atoms with Crippen LogP contribution in [0, 0.1) is 11.3 Å². The highest BCUT2D eigenvalue weighted by Gasteiger charge is 2.24. The lowest BCUT2D eigenvalue weighted by Gasteiger charge is -2.35. The maximum absolute atomic E-state index is 8.74. The Morgan fingerprint density at radius 1 is 1.45 bits per heavy atom. The molecule has 0 aliphatic carbocycles. The van der Waals surface area contributed by atoms with Gasteiger partial charge in [-0.1, -0.05) is 32.3 Å². The van der Waals surface area contributed by atoms with E-state index >= 15 is 0 Å². The highest BCUT2D eigenvalue weighted by molar-refractivity contribution is 5.85. The third kappa shape index (κ3) is 5.29. The van der Waals surface area contributed by atoms with Gasteiger partial charge in [0.15, 0.2) is 0 Å². The number of nitrogens with two attached hydrogens (primary N) is 1. The molecule has 1 rings (SSSR count). The Balaban J connectivity index is 2.16. The number of piperidine rings is 1. The van der Waals surface area contributed by atoms with Crippen molar-refractivity contribution in [3.8, 4) is 0 Å². The summed E-state index contributed by atoms with van der Waals surface area (Å²) < 4.78 is 0. The number of nitrogens with one attached hydrogen (secondary N) is 1. The van der Waals surface area contributed by atoms with Gasteiger partial charge in [-0.2, -0.15) is 0 Å². The summed E-state index contributed by atoms with van der Waals surface area (Å²) in [5, 5.41) is 15.5. The smallest absolute Gasteiger partial charge is 0.144 e. The van der Waals surface area contributed by atoms with Crippen LogP contribution in [0.25, 0.3) is 0 Å². The number of unbranched alkanes of at least 4 members (excludes halogenated alkanes) is 1. The van der Waals surface area contributed by atoms with Gasteiger partial charge in [-0.3, -0.25) is 0 Å². The van der Waals surface area contributed by atoms with Gasteiger partial charge in [0.25, 0.3) is 0 Å². The molecule has 2 atom stereocenters. The van der Waals surface area contributed by atoms with Crippen molar-refractivity contribution >= 4 is 5.84 Å². The standard InChI is InChI=1S/C15H32N4O/c1-12-11-19(4)10-7-13(12)17-9-6-5-8-15(2,3)14(16)18-20/h12-13,17,20H,5-11H2,1-4H3,(H2,16,18). The van der Waals surface area contributed by atoms with E-state index in [0.29, 0.717) is 11.9 Å². The van der Waals surface area contributed by atoms with E-state index < -0.39 is 0 Å². The number of hydrogen-bond donors (Lipinski definition) is 3. The van der Waals surface area contributed by atoms with E-state index in [2.05, 4.69) is 29.3 Å². The van der Waals surface area contributed by atoms with Gasteiger partial charge in [0.05, 0.1) is 0 Å². The van der Waals surface area contributed by atoms with Gasteiger partial charge in [0.1, 0.15) is 5.84 Å². The summed E-state index contributed by atoms with van der Waals surface area (Å²) >= 11 is 0. The summed E-state index contributed by atoms with van der Waals surface area (Å²) in [6, 6.07) is 0.656. The molecule has 1 saturated heterocycles. The van der Waals surface area contributed by atoms with Crippen LogP contribution in [0.5, 0.6) is 0 Å². The average molecular weight is 284 g/mol. The quantitative estimate of drug-likeness (QED) is 0.219. The summed E-state index contributed by atoms with van der Waals surface area (Å²) in [7, 11) is 2.20. The van der Waals surface area contributed by atoms with Crippen molar-refractivity contribution in [3.05, 3.63) is 0 Å². The lowest BCUT2D eigenvalue weighted by atomic mass is 9.86. The zero-order chi connectivity index (χ0) is 15.2. The molecule has 1 fully saturated rings. The Morgan fingerprint density at radius 2 is 2.15 bits per heavy atom. The fourth-order valence-electron chi connectivity index (χ4n) is 2.90. The molecule has 0 aromatic carbocycles. The minimum Gasteiger partial charge on any atom is -0.409 e. The number of rotatable bonds is 7. The molecule has 1 aliphatic heterocycles. The van der Waals surface area contributed by atoms with E-state index in [4.69, 9.17) is 10.9 Å². The highest BCUT2D eigenvalue weighted by atomic mass is 16.4. The van der Waals surface area contributed by atoms with Crippen molar-refractivity contribution < 1.29 is 5.21 Å². The second-order valence-corrected chi connectivity index (χ2v) is 6.92. The number of oxime groups is 1. The Kier molecular flexibility index (Phi) is 6.76. The van der Waals surface area contributed by atoms with Crippen molar-refractivity contribution in [3.63, 3.8) is 0 Å². The molecule has 20 heavy (non-hydrogen) atoms. The molecular formula is C15H32N4O. The van der Waals surface area contributed by atoms with Crippen LogP contribution in [0.15, 0.2) is 5.16 Å².